The maximum Gasteiger partial charge on any atom is 0.358 e. The largest absolute Gasteiger partial charge is 0.476 e. The zero-order valence-electron chi connectivity index (χ0n) is 11.7. The normalized spacial score (nSPS) is 10.8. The molecule has 21 heavy (non-hydrogen) atoms. The molecule has 0 unspecified atom stereocenters. The molecule has 0 fully saturated rings. The molecule has 9 nitrogen and oxygen atoms in total. The van der Waals surface area contributed by atoms with Crippen LogP contribution in [0.25, 0.3) is 0 Å². The van der Waals surface area contributed by atoms with Gasteiger partial charge < -0.3 is 15.0 Å². The first-order valence-electron chi connectivity index (χ1n) is 6.43. The minimum atomic E-state index is -1.13. The van der Waals surface area contributed by atoms with Crippen molar-refractivity contribution in [1.29, 1.82) is 0 Å². The zero-order valence-corrected chi connectivity index (χ0v) is 11.7. The third-order valence-corrected chi connectivity index (χ3v) is 2.82. The molecule has 0 aliphatic heterocycles. The van der Waals surface area contributed by atoms with E-state index in [-0.39, 0.29) is 23.1 Å². The minimum absolute atomic E-state index is 0.0505. The van der Waals surface area contributed by atoms with Crippen LogP contribution < -0.4 is 10.9 Å². The second-order valence-corrected chi connectivity index (χ2v) is 4.68. The van der Waals surface area contributed by atoms with Crippen molar-refractivity contribution in [2.75, 3.05) is 11.9 Å². The summed E-state index contributed by atoms with van der Waals surface area (Å²) in [5.41, 5.74) is -0.313. The third kappa shape index (κ3) is 3.44. The van der Waals surface area contributed by atoms with E-state index in [9.17, 15) is 9.59 Å². The molecular formula is C12H16N6O3. The lowest BCUT2D eigenvalue weighted by molar-refractivity contribution is 0.0690. The Morgan fingerprint density at radius 1 is 1.48 bits per heavy atom. The number of aromatic nitrogens is 5. The summed E-state index contributed by atoms with van der Waals surface area (Å²) in [5.74, 6) is -0.872. The van der Waals surface area contributed by atoms with Crippen LogP contribution in [0, 0.1) is 0 Å². The first kappa shape index (κ1) is 14.7. The summed E-state index contributed by atoms with van der Waals surface area (Å²) in [6, 6.07) is 0.0505. The Kier molecular flexibility index (Phi) is 4.31. The lowest BCUT2D eigenvalue weighted by Crippen LogP contribution is -2.26. The first-order valence-corrected chi connectivity index (χ1v) is 6.43. The Bertz CT molecular complexity index is 690. The number of carboxylic acid groups (broad SMARTS) is 1. The molecule has 0 spiro atoms. The van der Waals surface area contributed by atoms with Crippen LogP contribution in [0.2, 0.25) is 0 Å². The standard InChI is InChI=1S/C12H16N6O3/c1-8(2)18-6-4-14-10(11(18)19)13-3-5-17-7-9(12(20)21)15-16-17/h4,6-8H,3,5H2,1-2H3,(H,13,14)(H,20,21). The van der Waals surface area contributed by atoms with Gasteiger partial charge in [0.2, 0.25) is 0 Å². The highest BCUT2D eigenvalue weighted by molar-refractivity contribution is 5.84. The quantitative estimate of drug-likeness (QED) is 0.782. The van der Waals surface area contributed by atoms with E-state index in [1.807, 2.05) is 13.8 Å². The number of nitrogens with one attached hydrogen (secondary N) is 1. The predicted octanol–water partition coefficient (Wildman–Crippen LogP) is 0.226. The van der Waals surface area contributed by atoms with E-state index in [0.717, 1.165) is 0 Å². The molecule has 0 aromatic carbocycles. The molecule has 0 bridgehead atoms. The Morgan fingerprint density at radius 2 is 2.24 bits per heavy atom. The minimum Gasteiger partial charge on any atom is -0.476 e. The molecule has 0 amide bonds. The van der Waals surface area contributed by atoms with Crippen LogP contribution in [-0.2, 0) is 6.54 Å². The Labute approximate surface area is 120 Å². The Morgan fingerprint density at radius 3 is 2.86 bits per heavy atom. The smallest absolute Gasteiger partial charge is 0.358 e. The van der Waals surface area contributed by atoms with Crippen molar-refractivity contribution < 1.29 is 9.90 Å². The fraction of sp³-hybridized carbons (Fsp3) is 0.417. The van der Waals surface area contributed by atoms with Crippen LogP contribution in [-0.4, -0.2) is 42.2 Å². The van der Waals surface area contributed by atoms with Crippen LogP contribution in [0.4, 0.5) is 5.82 Å². The molecule has 0 aliphatic rings. The highest BCUT2D eigenvalue weighted by Gasteiger charge is 2.09. The van der Waals surface area contributed by atoms with Crippen molar-refractivity contribution in [3.05, 3.63) is 34.6 Å². The molecule has 2 aromatic rings. The number of hydrogen-bond donors (Lipinski definition) is 2. The molecule has 2 aromatic heterocycles. The van der Waals surface area contributed by atoms with Crippen LogP contribution in [0.5, 0.6) is 0 Å². The molecule has 0 saturated carbocycles. The van der Waals surface area contributed by atoms with Gasteiger partial charge in [-0.3, -0.25) is 4.79 Å². The molecule has 0 aliphatic carbocycles. The second-order valence-electron chi connectivity index (χ2n) is 4.68. The molecule has 0 atom stereocenters. The average Bonchev–Trinajstić information content (AvgIpc) is 2.89. The van der Waals surface area contributed by atoms with Gasteiger partial charge in [0.25, 0.3) is 5.56 Å². The topological polar surface area (TPSA) is 115 Å². The Balaban J connectivity index is 1.99. The fourth-order valence-electron chi connectivity index (χ4n) is 1.75. The van der Waals surface area contributed by atoms with Gasteiger partial charge in [-0.05, 0) is 13.8 Å². The number of carboxylic acids is 1. The molecule has 2 rings (SSSR count). The van der Waals surface area contributed by atoms with E-state index in [1.54, 1.807) is 17.0 Å². The highest BCUT2D eigenvalue weighted by atomic mass is 16.4. The molecule has 2 heterocycles. The van der Waals surface area contributed by atoms with Gasteiger partial charge in [0.1, 0.15) is 0 Å². The third-order valence-electron chi connectivity index (χ3n) is 2.82. The van der Waals surface area contributed by atoms with Crippen LogP contribution >= 0.6 is 0 Å². The summed E-state index contributed by atoms with van der Waals surface area (Å²) in [6.07, 6.45) is 4.52. The summed E-state index contributed by atoms with van der Waals surface area (Å²) in [6.45, 7) is 4.58. The molecule has 0 saturated heterocycles. The SMILES string of the molecule is CC(C)n1ccnc(NCCn2cc(C(=O)O)nn2)c1=O. The van der Waals surface area contributed by atoms with E-state index in [1.165, 1.54) is 10.9 Å². The van der Waals surface area contributed by atoms with Gasteiger partial charge >= 0.3 is 5.97 Å². The number of hydrogen-bond acceptors (Lipinski definition) is 6. The monoisotopic (exact) mass is 292 g/mol. The summed E-state index contributed by atoms with van der Waals surface area (Å²) in [7, 11) is 0. The van der Waals surface area contributed by atoms with E-state index in [2.05, 4.69) is 20.6 Å². The summed E-state index contributed by atoms with van der Waals surface area (Å²) in [5, 5.41) is 18.8. The second kappa shape index (κ2) is 6.16. The molecule has 2 N–H and O–H groups in total. The first-order chi connectivity index (χ1) is 9.99. The van der Waals surface area contributed by atoms with Crippen LogP contribution in [0.1, 0.15) is 30.4 Å². The average molecular weight is 292 g/mol. The highest BCUT2D eigenvalue weighted by Crippen LogP contribution is 2.01. The van der Waals surface area contributed by atoms with Crippen molar-refractivity contribution in [2.24, 2.45) is 0 Å². The maximum atomic E-state index is 12.1. The lowest BCUT2D eigenvalue weighted by Gasteiger charge is -2.11. The summed E-state index contributed by atoms with van der Waals surface area (Å²) in [4.78, 5) is 26.7. The van der Waals surface area contributed by atoms with Crippen molar-refractivity contribution in [3.63, 3.8) is 0 Å². The predicted molar refractivity (Wildman–Crippen MR) is 74.4 cm³/mol. The van der Waals surface area contributed by atoms with E-state index in [4.69, 9.17) is 5.11 Å². The van der Waals surface area contributed by atoms with E-state index < -0.39 is 5.97 Å². The molecule has 0 radical (unpaired) electrons. The number of rotatable bonds is 6. The van der Waals surface area contributed by atoms with Gasteiger partial charge in [0, 0.05) is 25.0 Å². The lowest BCUT2D eigenvalue weighted by atomic mass is 10.4. The maximum absolute atomic E-state index is 12.1. The number of aromatic carboxylic acids is 1. The van der Waals surface area contributed by atoms with Crippen molar-refractivity contribution >= 4 is 11.8 Å². The van der Waals surface area contributed by atoms with Gasteiger partial charge in [0.05, 0.1) is 12.7 Å². The van der Waals surface area contributed by atoms with E-state index in [0.29, 0.717) is 13.1 Å². The van der Waals surface area contributed by atoms with Crippen LogP contribution in [0.15, 0.2) is 23.4 Å². The van der Waals surface area contributed by atoms with Gasteiger partial charge in [0.15, 0.2) is 11.5 Å². The van der Waals surface area contributed by atoms with Crippen LogP contribution in [0.3, 0.4) is 0 Å². The fourth-order valence-corrected chi connectivity index (χ4v) is 1.75. The number of carbonyl (C=O) groups is 1. The summed E-state index contributed by atoms with van der Waals surface area (Å²) >= 11 is 0. The van der Waals surface area contributed by atoms with E-state index >= 15 is 0 Å². The molecule has 9 heteroatoms. The summed E-state index contributed by atoms with van der Waals surface area (Å²) < 4.78 is 2.97. The van der Waals surface area contributed by atoms with Gasteiger partial charge in [-0.15, -0.1) is 5.10 Å². The van der Waals surface area contributed by atoms with Gasteiger partial charge in [-0.1, -0.05) is 5.21 Å². The van der Waals surface area contributed by atoms with Gasteiger partial charge in [-0.25, -0.2) is 14.5 Å². The Hall–Kier alpha value is -2.71. The number of nitrogens with zero attached hydrogens (tertiary/aromatic N) is 5. The zero-order chi connectivity index (χ0) is 15.4. The van der Waals surface area contributed by atoms with Gasteiger partial charge in [-0.2, -0.15) is 0 Å². The molecular weight excluding hydrogens is 276 g/mol. The van der Waals surface area contributed by atoms with Crippen molar-refractivity contribution in [2.45, 2.75) is 26.4 Å². The van der Waals surface area contributed by atoms with Crippen molar-refractivity contribution in [1.82, 2.24) is 24.5 Å². The number of anilines is 1. The molecule has 112 valence electrons. The van der Waals surface area contributed by atoms with Crippen molar-refractivity contribution in [3.8, 4) is 0 Å².